The van der Waals surface area contributed by atoms with Crippen LogP contribution in [-0.2, 0) is 56.2 Å². The Bertz CT molecular complexity index is 3870. The molecule has 10 nitrogen and oxygen atoms in total. The molecule has 0 aliphatic carbocycles. The quantitative estimate of drug-likeness (QED) is 0.0400. The van der Waals surface area contributed by atoms with Gasteiger partial charge in [-0.3, -0.25) is 0 Å². The summed E-state index contributed by atoms with van der Waals surface area (Å²) in [4.78, 5) is 60.0. The van der Waals surface area contributed by atoms with Crippen LogP contribution in [0.25, 0.3) is 43.1 Å². The molecule has 0 heterocycles. The summed E-state index contributed by atoms with van der Waals surface area (Å²) in [5.41, 5.74) is 5.10. The lowest BCUT2D eigenvalue weighted by Gasteiger charge is -2.24. The maximum Gasteiger partial charge on any atom is 0.339 e. The Labute approximate surface area is 476 Å². The molecule has 11 rings (SSSR count). The van der Waals surface area contributed by atoms with Gasteiger partial charge in [0.05, 0.1) is 22.3 Å². The molecule has 0 fully saturated rings. The summed E-state index contributed by atoms with van der Waals surface area (Å²) in [6, 6.07) is 62.9. The first-order valence-corrected chi connectivity index (χ1v) is 27.3. The Morgan fingerprint density at radius 3 is 0.866 bits per heavy atom. The van der Waals surface area contributed by atoms with Crippen LogP contribution in [0.3, 0.4) is 0 Å². The summed E-state index contributed by atoms with van der Waals surface area (Å²) in [5, 5.41) is 3.24. The Hall–Kier alpha value is -9.80. The van der Waals surface area contributed by atoms with Gasteiger partial charge in [0.1, 0.15) is 49.4 Å². The van der Waals surface area contributed by atoms with Crippen LogP contribution in [0.4, 0.5) is 0 Å². The summed E-state index contributed by atoms with van der Waals surface area (Å²) in [6.45, 7) is 12.5. The minimum Gasteiger partial charge on any atom is -0.457 e. The predicted molar refractivity (Wildman–Crippen MR) is 320 cm³/mol. The summed E-state index contributed by atoms with van der Waals surface area (Å²) in [5.74, 6) is -1.47. The zero-order valence-corrected chi connectivity index (χ0v) is 46.5. The molecule has 0 saturated carbocycles. The highest BCUT2D eigenvalue weighted by Gasteiger charge is 2.32. The van der Waals surface area contributed by atoms with Crippen LogP contribution in [0.2, 0.25) is 0 Å². The lowest BCUT2D eigenvalue weighted by molar-refractivity contribution is 0.0458. The van der Waals surface area contributed by atoms with Crippen LogP contribution in [0, 0.1) is 0 Å². The maximum atomic E-state index is 15.1. The zero-order valence-electron chi connectivity index (χ0n) is 46.5. The Morgan fingerprint density at radius 2 is 0.585 bits per heavy atom. The number of fused-ring (bicyclic) bond motifs is 2. The molecule has 11 aromatic rings. The number of ether oxygens (including phenoxy) is 6. The van der Waals surface area contributed by atoms with Crippen LogP contribution in [0.15, 0.2) is 206 Å². The van der Waals surface area contributed by atoms with Gasteiger partial charge >= 0.3 is 23.9 Å². The molecule has 0 bridgehead atoms. The monoisotopic (exact) mass is 1080 g/mol. The normalized spacial score (nSPS) is 11.7. The molecule has 0 atom stereocenters. The molecule has 10 heteroatoms. The zero-order chi connectivity index (χ0) is 57.1. The first-order chi connectivity index (χ1) is 39.6. The van der Waals surface area contributed by atoms with Crippen molar-refractivity contribution in [2.75, 3.05) is 0 Å². The fourth-order valence-corrected chi connectivity index (χ4v) is 10.4. The van der Waals surface area contributed by atoms with E-state index in [4.69, 9.17) is 28.4 Å². The highest BCUT2D eigenvalue weighted by Crippen LogP contribution is 2.52. The second-order valence-electron chi connectivity index (χ2n) is 22.4. The largest absolute Gasteiger partial charge is 0.457 e. The summed E-state index contributed by atoms with van der Waals surface area (Å²) >= 11 is 0. The van der Waals surface area contributed by atoms with Gasteiger partial charge in [-0.2, -0.15) is 0 Å². The van der Waals surface area contributed by atoms with E-state index in [0.717, 1.165) is 33.4 Å². The van der Waals surface area contributed by atoms with E-state index in [2.05, 4.69) is 41.5 Å². The maximum absolute atomic E-state index is 15.1. The van der Waals surface area contributed by atoms with Gasteiger partial charge in [-0.15, -0.1) is 0 Å². The number of carbonyl (C=O) groups excluding carboxylic acids is 4. The molecule has 0 spiro atoms. The van der Waals surface area contributed by atoms with Gasteiger partial charge in [0.2, 0.25) is 0 Å². The van der Waals surface area contributed by atoms with E-state index < -0.39 is 23.9 Å². The van der Waals surface area contributed by atoms with Gasteiger partial charge in [0.25, 0.3) is 0 Å². The molecule has 0 saturated heterocycles. The predicted octanol–water partition coefficient (Wildman–Crippen LogP) is 17.3. The van der Waals surface area contributed by atoms with Crippen LogP contribution in [0.1, 0.15) is 116 Å². The van der Waals surface area contributed by atoms with Crippen molar-refractivity contribution in [3.05, 3.63) is 262 Å². The van der Waals surface area contributed by atoms with Crippen molar-refractivity contribution in [1.82, 2.24) is 0 Å². The lowest BCUT2D eigenvalue weighted by atomic mass is 9.83. The van der Waals surface area contributed by atoms with Crippen LogP contribution in [-0.4, -0.2) is 23.9 Å². The van der Waals surface area contributed by atoms with Crippen LogP contribution < -0.4 is 9.47 Å². The van der Waals surface area contributed by atoms with E-state index in [-0.39, 0.29) is 81.8 Å². The summed E-state index contributed by atoms with van der Waals surface area (Å²) < 4.78 is 38.6. The molecule has 11 aromatic carbocycles. The Morgan fingerprint density at radius 1 is 0.305 bits per heavy atom. The molecular weight excluding hydrogens is 1020 g/mol. The SMILES string of the molecule is CC(C)(C)c1ccc(Oc2cc(C(=O)OCc3ccccc3)c3c(C(=O)OCc4ccccc4)ccc4c5c(Oc6ccc(C(C)(C)C)cc6)cc(C(=O)OCc6ccccc6)c6c(C(=O)OCc7ccccc7)ccc(c2c34)c65)cc1. The average molecular weight is 1090 g/mol. The topological polar surface area (TPSA) is 124 Å². The minimum atomic E-state index is -0.725. The number of benzene rings is 11. The van der Waals surface area contributed by atoms with Crippen molar-refractivity contribution in [1.29, 1.82) is 0 Å². The standard InChI is InChI=1S/C72H60O10/c1-71(2,3)49-27-31-51(32-28-49)81-59-39-57(69(75)79-43-47-23-15-9-16-24-47)61-55(67(73)77-41-45-19-11-7-12-20-45)38-36-54-64-60(82-52-33-29-50(30-34-52)72(4,5)6)40-58(70(76)80-44-48-25-17-10-18-26-48)62-56(37-35-53(66(62)64)63(59)65(54)61)68(74)78-42-46-21-13-8-14-22-46/h7-40H,41-44H2,1-6H3. The van der Waals surface area contributed by atoms with Crippen LogP contribution >= 0.6 is 0 Å². The molecular formula is C72H60O10. The Kier molecular flexibility index (Phi) is 15.0. The minimum absolute atomic E-state index is 0.0339. The third kappa shape index (κ3) is 11.3. The van der Waals surface area contributed by atoms with Crippen molar-refractivity contribution in [3.8, 4) is 23.0 Å². The van der Waals surface area contributed by atoms with E-state index in [9.17, 15) is 9.59 Å². The smallest absolute Gasteiger partial charge is 0.339 e. The fraction of sp³-hybridized carbons (Fsp3) is 0.167. The molecule has 0 unspecified atom stereocenters. The van der Waals surface area contributed by atoms with Crippen LogP contribution in [0.5, 0.6) is 23.0 Å². The molecule has 82 heavy (non-hydrogen) atoms. The number of rotatable bonds is 16. The molecule has 0 aliphatic heterocycles. The van der Waals surface area contributed by atoms with E-state index >= 15 is 9.59 Å². The van der Waals surface area contributed by atoms with Gasteiger partial charge in [0, 0.05) is 32.3 Å². The molecule has 0 N–H and O–H groups in total. The first kappa shape index (κ1) is 54.2. The van der Waals surface area contributed by atoms with Gasteiger partial charge < -0.3 is 28.4 Å². The number of hydrogen-bond donors (Lipinski definition) is 0. The van der Waals surface area contributed by atoms with Crippen molar-refractivity contribution >= 4 is 67.0 Å². The summed E-state index contributed by atoms with van der Waals surface area (Å²) in [6.07, 6.45) is 0. The molecule has 408 valence electrons. The summed E-state index contributed by atoms with van der Waals surface area (Å²) in [7, 11) is 0. The second-order valence-corrected chi connectivity index (χ2v) is 22.4. The van der Waals surface area contributed by atoms with E-state index in [0.29, 0.717) is 43.8 Å². The van der Waals surface area contributed by atoms with Crippen molar-refractivity contribution in [2.24, 2.45) is 0 Å². The lowest BCUT2D eigenvalue weighted by Crippen LogP contribution is -2.13. The van der Waals surface area contributed by atoms with E-state index in [1.54, 1.807) is 36.4 Å². The average Bonchev–Trinajstić information content (AvgIpc) is 0.937. The van der Waals surface area contributed by atoms with Gasteiger partial charge in [-0.1, -0.05) is 199 Å². The van der Waals surface area contributed by atoms with Gasteiger partial charge in [-0.25, -0.2) is 19.2 Å². The number of hydrogen-bond acceptors (Lipinski definition) is 10. The number of esters is 4. The van der Waals surface area contributed by atoms with E-state index in [1.807, 2.05) is 170 Å². The molecule has 0 amide bonds. The highest BCUT2D eigenvalue weighted by molar-refractivity contribution is 6.40. The molecule has 0 aromatic heterocycles. The van der Waals surface area contributed by atoms with Crippen molar-refractivity contribution in [3.63, 3.8) is 0 Å². The molecule has 0 radical (unpaired) electrons. The molecule has 0 aliphatic rings. The fourth-order valence-electron chi connectivity index (χ4n) is 10.4. The number of carbonyl (C=O) groups is 4. The second kappa shape index (κ2) is 22.7. The van der Waals surface area contributed by atoms with Gasteiger partial charge in [-0.05, 0) is 104 Å². The van der Waals surface area contributed by atoms with Crippen molar-refractivity contribution in [2.45, 2.75) is 78.8 Å². The van der Waals surface area contributed by atoms with Crippen molar-refractivity contribution < 1.29 is 47.6 Å². The van der Waals surface area contributed by atoms with Gasteiger partial charge in [0.15, 0.2) is 0 Å². The first-order valence-electron chi connectivity index (χ1n) is 27.3. The third-order valence-electron chi connectivity index (χ3n) is 14.7. The highest BCUT2D eigenvalue weighted by atomic mass is 16.5. The Balaban J connectivity index is 1.24. The third-order valence-corrected chi connectivity index (χ3v) is 14.7. The van der Waals surface area contributed by atoms with E-state index in [1.165, 1.54) is 0 Å².